The maximum Gasteiger partial charge on any atom is 0.136 e. The average Bonchev–Trinajstić information content (AvgIpc) is 3.66. The van der Waals surface area contributed by atoms with Crippen molar-refractivity contribution in [3.8, 4) is 16.8 Å². The number of fused-ring (bicyclic) bond motifs is 10. The molecule has 0 saturated heterocycles. The molecule has 0 atom stereocenters. The van der Waals surface area contributed by atoms with Crippen LogP contribution < -0.4 is 0 Å². The molecule has 182 valence electrons. The Morgan fingerprint density at radius 2 is 1.23 bits per heavy atom. The van der Waals surface area contributed by atoms with Crippen LogP contribution in [0.2, 0.25) is 0 Å². The van der Waals surface area contributed by atoms with Crippen LogP contribution in [-0.2, 0) is 0 Å². The summed E-state index contributed by atoms with van der Waals surface area (Å²) in [6, 6.07) is 45.2. The Morgan fingerprint density at radius 1 is 0.513 bits per heavy atom. The number of benzene rings is 6. The van der Waals surface area contributed by atoms with Gasteiger partial charge in [-0.2, -0.15) is 0 Å². The summed E-state index contributed by atoms with van der Waals surface area (Å²) in [6.45, 7) is 0. The molecule has 9 rings (SSSR count). The topological polar surface area (TPSA) is 33.9 Å². The zero-order valence-corrected chi connectivity index (χ0v) is 21.0. The van der Waals surface area contributed by atoms with E-state index in [9.17, 15) is 0 Å². The third-order valence-electron chi connectivity index (χ3n) is 8.12. The van der Waals surface area contributed by atoms with Crippen molar-refractivity contribution in [1.82, 2.24) is 9.55 Å². The molecule has 0 aliphatic carbocycles. The number of H-pyrrole nitrogens is 1. The van der Waals surface area contributed by atoms with Crippen LogP contribution in [0.4, 0.5) is 0 Å². The highest BCUT2D eigenvalue weighted by atomic mass is 16.3. The first-order valence-corrected chi connectivity index (χ1v) is 13.3. The summed E-state index contributed by atoms with van der Waals surface area (Å²) in [7, 11) is 0. The second kappa shape index (κ2) is 7.62. The molecular weight excluding hydrogens is 476 g/mol. The fourth-order valence-electron chi connectivity index (χ4n) is 6.45. The van der Waals surface area contributed by atoms with Gasteiger partial charge in [0.2, 0.25) is 0 Å². The molecule has 0 amide bonds. The van der Waals surface area contributed by atoms with Crippen LogP contribution in [0.15, 0.2) is 132 Å². The van der Waals surface area contributed by atoms with Crippen molar-refractivity contribution < 1.29 is 4.42 Å². The zero-order valence-electron chi connectivity index (χ0n) is 21.0. The molecule has 0 spiro atoms. The Morgan fingerprint density at radius 3 is 2.13 bits per heavy atom. The van der Waals surface area contributed by atoms with Crippen molar-refractivity contribution in [2.24, 2.45) is 0 Å². The molecule has 9 aromatic rings. The van der Waals surface area contributed by atoms with Gasteiger partial charge in [0.1, 0.15) is 11.2 Å². The van der Waals surface area contributed by atoms with E-state index in [0.717, 1.165) is 38.7 Å². The van der Waals surface area contributed by atoms with Gasteiger partial charge in [-0.1, -0.05) is 78.9 Å². The minimum atomic E-state index is 0.908. The van der Waals surface area contributed by atoms with Crippen molar-refractivity contribution in [2.45, 2.75) is 0 Å². The largest absolute Gasteiger partial charge is 0.456 e. The van der Waals surface area contributed by atoms with Crippen LogP contribution in [-0.4, -0.2) is 9.55 Å². The van der Waals surface area contributed by atoms with E-state index < -0.39 is 0 Å². The zero-order chi connectivity index (χ0) is 25.5. The summed E-state index contributed by atoms with van der Waals surface area (Å²) >= 11 is 0. The normalized spacial score (nSPS) is 12.1. The van der Waals surface area contributed by atoms with Crippen LogP contribution in [0.25, 0.3) is 82.4 Å². The number of furan rings is 1. The lowest BCUT2D eigenvalue weighted by Crippen LogP contribution is -1.93. The van der Waals surface area contributed by atoms with E-state index in [1.165, 1.54) is 43.7 Å². The van der Waals surface area contributed by atoms with E-state index >= 15 is 0 Å². The van der Waals surface area contributed by atoms with Gasteiger partial charge < -0.3 is 14.0 Å². The highest BCUT2D eigenvalue weighted by Crippen LogP contribution is 2.44. The first-order valence-electron chi connectivity index (χ1n) is 13.3. The van der Waals surface area contributed by atoms with E-state index in [4.69, 9.17) is 4.42 Å². The van der Waals surface area contributed by atoms with E-state index in [-0.39, 0.29) is 0 Å². The maximum atomic E-state index is 6.31. The number of hydrogen-bond donors (Lipinski definition) is 1. The predicted molar refractivity (Wildman–Crippen MR) is 163 cm³/mol. The van der Waals surface area contributed by atoms with Crippen LogP contribution >= 0.6 is 0 Å². The number of hydrogen-bond acceptors (Lipinski definition) is 1. The van der Waals surface area contributed by atoms with Gasteiger partial charge in [0.05, 0.1) is 16.6 Å². The molecule has 3 aromatic heterocycles. The molecule has 39 heavy (non-hydrogen) atoms. The summed E-state index contributed by atoms with van der Waals surface area (Å²) in [5.74, 6) is 0. The molecule has 3 nitrogen and oxygen atoms in total. The molecule has 0 saturated carbocycles. The number of nitrogens with zero attached hydrogens (tertiary/aromatic N) is 1. The second-order valence-corrected chi connectivity index (χ2v) is 10.2. The fourth-order valence-corrected chi connectivity index (χ4v) is 6.45. The van der Waals surface area contributed by atoms with Gasteiger partial charge in [0.15, 0.2) is 0 Å². The number of rotatable bonds is 2. The smallest absolute Gasteiger partial charge is 0.136 e. The summed E-state index contributed by atoms with van der Waals surface area (Å²) in [5, 5.41) is 7.25. The first-order chi connectivity index (χ1) is 19.3. The second-order valence-electron chi connectivity index (χ2n) is 10.2. The van der Waals surface area contributed by atoms with Crippen LogP contribution in [0.1, 0.15) is 0 Å². The number of aromatic nitrogens is 2. The van der Waals surface area contributed by atoms with Crippen LogP contribution in [0.3, 0.4) is 0 Å². The van der Waals surface area contributed by atoms with Gasteiger partial charge in [0, 0.05) is 43.5 Å². The number of para-hydroxylation sites is 4. The summed E-state index contributed by atoms with van der Waals surface area (Å²) in [5.41, 5.74) is 10.00. The first kappa shape index (κ1) is 20.7. The monoisotopic (exact) mass is 498 g/mol. The highest BCUT2D eigenvalue weighted by molar-refractivity contribution is 6.29. The molecule has 0 bridgehead atoms. The van der Waals surface area contributed by atoms with Gasteiger partial charge in [-0.15, -0.1) is 0 Å². The Hall–Kier alpha value is -5.28. The van der Waals surface area contributed by atoms with Gasteiger partial charge in [-0.3, -0.25) is 0 Å². The Balaban J connectivity index is 1.48. The van der Waals surface area contributed by atoms with E-state index in [2.05, 4.69) is 125 Å². The molecule has 0 aliphatic rings. The molecule has 0 fully saturated rings. The minimum absolute atomic E-state index is 0.908. The van der Waals surface area contributed by atoms with E-state index in [0.29, 0.717) is 0 Å². The third kappa shape index (κ3) is 2.82. The lowest BCUT2D eigenvalue weighted by atomic mass is 9.96. The molecule has 1 N–H and O–H groups in total. The maximum absolute atomic E-state index is 6.31. The molecule has 6 aromatic carbocycles. The SMILES string of the molecule is c1ccc(-n2c3ccccc3c3c4[nH]c5ccccc5c4c(-c4ccc5c(c4)oc4ccccc45)cc32)cc1. The van der Waals surface area contributed by atoms with Crippen molar-refractivity contribution >= 4 is 65.6 Å². The van der Waals surface area contributed by atoms with Gasteiger partial charge in [0.25, 0.3) is 0 Å². The molecular formula is C36H22N2O. The van der Waals surface area contributed by atoms with Gasteiger partial charge in [-0.25, -0.2) is 0 Å². The van der Waals surface area contributed by atoms with Crippen molar-refractivity contribution in [1.29, 1.82) is 0 Å². The summed E-state index contributed by atoms with van der Waals surface area (Å²) in [6.07, 6.45) is 0. The van der Waals surface area contributed by atoms with Crippen molar-refractivity contribution in [3.05, 3.63) is 127 Å². The summed E-state index contributed by atoms with van der Waals surface area (Å²) in [4.78, 5) is 3.81. The van der Waals surface area contributed by atoms with Gasteiger partial charge in [-0.05, 0) is 59.7 Å². The van der Waals surface area contributed by atoms with Crippen molar-refractivity contribution in [3.63, 3.8) is 0 Å². The minimum Gasteiger partial charge on any atom is -0.456 e. The molecule has 0 aliphatic heterocycles. The van der Waals surface area contributed by atoms with Crippen molar-refractivity contribution in [2.75, 3.05) is 0 Å². The standard InChI is InChI=1S/C36H22N2O/c1-2-10-23(11-3-1)38-30-16-8-5-14-27(30)35-31(38)21-28(34-26-13-4-7-15-29(26)37-36(34)35)22-18-19-25-24-12-6-9-17-32(24)39-33(25)20-22/h1-21,37H. The molecule has 3 heteroatoms. The Labute approximate surface area is 223 Å². The lowest BCUT2D eigenvalue weighted by Gasteiger charge is -2.11. The molecule has 0 unspecified atom stereocenters. The van der Waals surface area contributed by atoms with Crippen LogP contribution in [0, 0.1) is 0 Å². The van der Waals surface area contributed by atoms with E-state index in [1.54, 1.807) is 0 Å². The molecule has 0 radical (unpaired) electrons. The average molecular weight is 499 g/mol. The summed E-state index contributed by atoms with van der Waals surface area (Å²) < 4.78 is 8.70. The fraction of sp³-hybridized carbons (Fsp3) is 0. The van der Waals surface area contributed by atoms with Gasteiger partial charge >= 0.3 is 0 Å². The van der Waals surface area contributed by atoms with Crippen LogP contribution in [0.5, 0.6) is 0 Å². The number of nitrogens with one attached hydrogen (secondary N) is 1. The van der Waals surface area contributed by atoms with E-state index in [1.807, 2.05) is 12.1 Å². The highest BCUT2D eigenvalue weighted by Gasteiger charge is 2.21. The lowest BCUT2D eigenvalue weighted by molar-refractivity contribution is 0.669. The predicted octanol–water partition coefficient (Wildman–Crippen LogP) is 9.98. The third-order valence-corrected chi connectivity index (χ3v) is 8.12. The molecule has 3 heterocycles. The Bertz CT molecular complexity index is 2390. The Kier molecular flexibility index (Phi) is 4.05. The quantitative estimate of drug-likeness (QED) is 0.253. The number of aromatic amines is 1.